The van der Waals surface area contributed by atoms with Gasteiger partial charge in [0.05, 0.1) is 15.7 Å². The largest absolute Gasteiger partial charge is 0.479 e. The van der Waals surface area contributed by atoms with Gasteiger partial charge in [0.1, 0.15) is 11.6 Å². The maximum absolute atomic E-state index is 12.8. The second kappa shape index (κ2) is 8.82. The van der Waals surface area contributed by atoms with Crippen LogP contribution in [0.2, 0.25) is 10.0 Å². The van der Waals surface area contributed by atoms with Crippen molar-refractivity contribution in [2.75, 3.05) is 11.9 Å². The van der Waals surface area contributed by atoms with Crippen molar-refractivity contribution in [1.29, 1.82) is 0 Å². The molecule has 138 valence electrons. The van der Waals surface area contributed by atoms with Crippen LogP contribution in [0.25, 0.3) is 0 Å². The predicted octanol–water partition coefficient (Wildman–Crippen LogP) is 3.79. The third-order valence-corrected chi connectivity index (χ3v) is 3.84. The zero-order chi connectivity index (χ0) is 19.3. The Balaban J connectivity index is 1.85. The quantitative estimate of drug-likeness (QED) is 0.746. The first-order valence-corrected chi connectivity index (χ1v) is 8.23. The predicted molar refractivity (Wildman–Crippen MR) is 95.1 cm³/mol. The van der Waals surface area contributed by atoms with Gasteiger partial charge in [0.15, 0.2) is 18.5 Å². The number of carbonyl (C=O) groups is 2. The van der Waals surface area contributed by atoms with Crippen molar-refractivity contribution >= 4 is 40.9 Å². The molecule has 0 saturated heterocycles. The highest BCUT2D eigenvalue weighted by Crippen LogP contribution is 2.25. The monoisotopic (exact) mass is 400 g/mol. The first-order valence-electron chi connectivity index (χ1n) is 7.47. The van der Waals surface area contributed by atoms with Crippen molar-refractivity contribution in [3.8, 4) is 5.75 Å². The zero-order valence-corrected chi connectivity index (χ0v) is 15.4. The maximum atomic E-state index is 12.8. The highest BCUT2D eigenvalue weighted by atomic mass is 35.5. The van der Waals surface area contributed by atoms with E-state index in [1.807, 2.05) is 0 Å². The number of hydrogen-bond acceptors (Lipinski definition) is 5. The van der Waals surface area contributed by atoms with Crippen LogP contribution in [0.5, 0.6) is 5.75 Å². The summed E-state index contributed by atoms with van der Waals surface area (Å²) >= 11 is 11.8. The molecular formula is C17H15Cl2FN2O4. The van der Waals surface area contributed by atoms with Gasteiger partial charge in [0.2, 0.25) is 0 Å². The summed E-state index contributed by atoms with van der Waals surface area (Å²) in [5, 5.41) is 2.96. The topological polar surface area (TPSA) is 77.5 Å². The van der Waals surface area contributed by atoms with Gasteiger partial charge in [-0.05, 0) is 44.2 Å². The average molecular weight is 401 g/mol. The molecule has 0 fully saturated rings. The normalized spacial score (nSPS) is 11.6. The first kappa shape index (κ1) is 19.9. The van der Waals surface area contributed by atoms with Crippen LogP contribution < -0.4 is 10.1 Å². The number of aryl methyl sites for hydroxylation is 1. The smallest absolute Gasteiger partial charge is 0.347 e. The van der Waals surface area contributed by atoms with Gasteiger partial charge in [-0.15, -0.1) is 0 Å². The van der Waals surface area contributed by atoms with E-state index < -0.39 is 30.4 Å². The summed E-state index contributed by atoms with van der Waals surface area (Å²) in [7, 11) is 0. The molecule has 0 radical (unpaired) electrons. The van der Waals surface area contributed by atoms with E-state index in [9.17, 15) is 14.0 Å². The van der Waals surface area contributed by atoms with E-state index in [0.29, 0.717) is 16.5 Å². The molecule has 26 heavy (non-hydrogen) atoms. The number of rotatable bonds is 6. The molecule has 0 aliphatic carbocycles. The molecule has 2 rings (SSSR count). The molecule has 0 spiro atoms. The lowest BCUT2D eigenvalue weighted by molar-refractivity contribution is -0.153. The summed E-state index contributed by atoms with van der Waals surface area (Å²) in [4.78, 5) is 27.8. The molecule has 0 aliphatic heterocycles. The van der Waals surface area contributed by atoms with E-state index in [0.717, 1.165) is 0 Å². The molecule has 0 bridgehead atoms. The SMILES string of the molecule is Cc1nc(NC(=O)COC(=O)[C@H](C)Oc2ccc(F)cc2)c(Cl)cc1Cl. The molecule has 1 heterocycles. The van der Waals surface area contributed by atoms with Gasteiger partial charge in [0, 0.05) is 0 Å². The number of nitrogens with one attached hydrogen (secondary N) is 1. The minimum atomic E-state index is -0.979. The first-order chi connectivity index (χ1) is 12.3. The molecule has 9 heteroatoms. The molecule has 0 unspecified atom stereocenters. The Labute approximate surface area is 159 Å². The van der Waals surface area contributed by atoms with Crippen molar-refractivity contribution in [1.82, 2.24) is 4.98 Å². The van der Waals surface area contributed by atoms with Gasteiger partial charge in [-0.3, -0.25) is 4.79 Å². The molecule has 1 aromatic heterocycles. The van der Waals surface area contributed by atoms with Gasteiger partial charge in [0.25, 0.3) is 5.91 Å². The van der Waals surface area contributed by atoms with Crippen molar-refractivity contribution in [3.63, 3.8) is 0 Å². The maximum Gasteiger partial charge on any atom is 0.347 e. The molecule has 1 N–H and O–H groups in total. The minimum Gasteiger partial charge on any atom is -0.479 e. The van der Waals surface area contributed by atoms with E-state index in [1.54, 1.807) is 6.92 Å². The molecule has 2 aromatic rings. The van der Waals surface area contributed by atoms with Crippen LogP contribution in [0.1, 0.15) is 12.6 Å². The Hall–Kier alpha value is -2.38. The lowest BCUT2D eigenvalue weighted by Crippen LogP contribution is -2.30. The van der Waals surface area contributed by atoms with Gasteiger partial charge in [-0.1, -0.05) is 23.2 Å². The van der Waals surface area contributed by atoms with E-state index in [4.69, 9.17) is 32.7 Å². The van der Waals surface area contributed by atoms with Crippen LogP contribution in [-0.4, -0.2) is 29.6 Å². The second-order valence-electron chi connectivity index (χ2n) is 5.26. The number of esters is 1. The molecule has 0 saturated carbocycles. The van der Waals surface area contributed by atoms with Gasteiger partial charge >= 0.3 is 5.97 Å². The van der Waals surface area contributed by atoms with Gasteiger partial charge in [-0.2, -0.15) is 0 Å². The number of ether oxygens (including phenoxy) is 2. The number of hydrogen-bond donors (Lipinski definition) is 1. The van der Waals surface area contributed by atoms with Crippen LogP contribution in [0, 0.1) is 12.7 Å². The summed E-state index contributed by atoms with van der Waals surface area (Å²) in [5.74, 6) is -1.38. The van der Waals surface area contributed by atoms with E-state index in [2.05, 4.69) is 10.3 Å². The van der Waals surface area contributed by atoms with Crippen molar-refractivity contribution in [2.45, 2.75) is 20.0 Å². The van der Waals surface area contributed by atoms with Crippen LogP contribution in [0.3, 0.4) is 0 Å². The summed E-state index contributed by atoms with van der Waals surface area (Å²) < 4.78 is 23.0. The number of halogens is 3. The Morgan fingerprint density at radius 1 is 1.23 bits per heavy atom. The fourth-order valence-electron chi connectivity index (χ4n) is 1.83. The average Bonchev–Trinajstić information content (AvgIpc) is 2.59. The Kier molecular flexibility index (Phi) is 6.76. The molecule has 0 aliphatic rings. The second-order valence-corrected chi connectivity index (χ2v) is 6.07. The number of nitrogens with zero attached hydrogens (tertiary/aromatic N) is 1. The van der Waals surface area contributed by atoms with Crippen molar-refractivity contribution in [3.05, 3.63) is 51.9 Å². The molecular weight excluding hydrogens is 386 g/mol. The molecule has 6 nitrogen and oxygen atoms in total. The standard InChI is InChI=1S/C17H15Cl2FN2O4/c1-9-13(18)7-14(19)16(21-9)22-15(23)8-25-17(24)10(2)26-12-5-3-11(20)4-6-12/h3-7,10H,8H2,1-2H3,(H,21,22,23)/t10-/m0/s1. The van der Waals surface area contributed by atoms with E-state index >= 15 is 0 Å². The lowest BCUT2D eigenvalue weighted by atomic mass is 10.3. The van der Waals surface area contributed by atoms with Crippen molar-refractivity contribution in [2.24, 2.45) is 0 Å². The summed E-state index contributed by atoms with van der Waals surface area (Å²) in [6.45, 7) is 2.56. The van der Waals surface area contributed by atoms with Crippen molar-refractivity contribution < 1.29 is 23.5 Å². The molecule has 1 aromatic carbocycles. The number of aromatic nitrogens is 1. The van der Waals surface area contributed by atoms with Crippen LogP contribution in [0.4, 0.5) is 10.2 Å². The van der Waals surface area contributed by atoms with Crippen LogP contribution in [0.15, 0.2) is 30.3 Å². The van der Waals surface area contributed by atoms with Gasteiger partial charge in [-0.25, -0.2) is 14.2 Å². The highest BCUT2D eigenvalue weighted by Gasteiger charge is 2.18. The number of benzene rings is 1. The number of pyridine rings is 1. The van der Waals surface area contributed by atoms with E-state index in [-0.39, 0.29) is 10.8 Å². The number of carbonyl (C=O) groups excluding carboxylic acids is 2. The Bertz CT molecular complexity index is 815. The number of anilines is 1. The van der Waals surface area contributed by atoms with Crippen LogP contribution in [-0.2, 0) is 14.3 Å². The zero-order valence-electron chi connectivity index (χ0n) is 13.9. The fourth-order valence-corrected chi connectivity index (χ4v) is 2.24. The number of amides is 1. The van der Waals surface area contributed by atoms with E-state index in [1.165, 1.54) is 37.3 Å². The van der Waals surface area contributed by atoms with Gasteiger partial charge < -0.3 is 14.8 Å². The third kappa shape index (κ3) is 5.57. The fraction of sp³-hybridized carbons (Fsp3) is 0.235. The summed E-state index contributed by atoms with van der Waals surface area (Å²) in [6, 6.07) is 6.60. The Morgan fingerprint density at radius 2 is 1.88 bits per heavy atom. The Morgan fingerprint density at radius 3 is 2.54 bits per heavy atom. The summed E-state index contributed by atoms with van der Waals surface area (Å²) in [5.41, 5.74) is 0.490. The highest BCUT2D eigenvalue weighted by molar-refractivity contribution is 6.36. The minimum absolute atomic E-state index is 0.116. The van der Waals surface area contributed by atoms with Crippen LogP contribution >= 0.6 is 23.2 Å². The third-order valence-electron chi connectivity index (χ3n) is 3.17. The summed E-state index contributed by atoms with van der Waals surface area (Å²) in [6.07, 6.45) is -0.979. The molecule has 1 atom stereocenters. The lowest BCUT2D eigenvalue weighted by Gasteiger charge is -2.14. The molecule has 1 amide bonds.